The van der Waals surface area contributed by atoms with Gasteiger partial charge in [-0.2, -0.15) is 11.8 Å². The van der Waals surface area contributed by atoms with Crippen LogP contribution in [0.15, 0.2) is 30.5 Å². The number of carboxylic acids is 1. The lowest BCUT2D eigenvalue weighted by Gasteiger charge is -2.27. The SMILES string of the molecule is CSCCC(NC(=O)C(N)Cc1c[nH]c2ccccc12)C(=O)NC(C(=O)NC(CCC(N)=O)C(=O)O)C(C)C. The molecule has 0 radical (unpaired) electrons. The molecule has 0 fully saturated rings. The Morgan fingerprint density at radius 2 is 1.64 bits per heavy atom. The van der Waals surface area contributed by atoms with Crippen molar-refractivity contribution < 1.29 is 29.1 Å². The van der Waals surface area contributed by atoms with Crippen LogP contribution < -0.4 is 27.4 Å². The number of H-pyrrole nitrogens is 1. The van der Waals surface area contributed by atoms with Gasteiger partial charge >= 0.3 is 5.97 Å². The smallest absolute Gasteiger partial charge is 0.326 e. The van der Waals surface area contributed by atoms with Gasteiger partial charge in [-0.15, -0.1) is 0 Å². The maximum absolute atomic E-state index is 13.2. The summed E-state index contributed by atoms with van der Waals surface area (Å²) in [5.74, 6) is -3.68. The fourth-order valence-electron chi connectivity index (χ4n) is 4.01. The Morgan fingerprint density at radius 3 is 2.26 bits per heavy atom. The topological polar surface area (TPSA) is 209 Å². The van der Waals surface area contributed by atoms with Crippen LogP contribution in [0.4, 0.5) is 0 Å². The summed E-state index contributed by atoms with van der Waals surface area (Å²) in [4.78, 5) is 64.8. The van der Waals surface area contributed by atoms with Crippen molar-refractivity contribution in [2.75, 3.05) is 12.0 Å². The molecular formula is C26H38N6O6S. The van der Waals surface area contributed by atoms with E-state index in [2.05, 4.69) is 20.9 Å². The number of hydrogen-bond donors (Lipinski definition) is 7. The Balaban J connectivity index is 2.09. The van der Waals surface area contributed by atoms with Crippen LogP contribution in [0, 0.1) is 5.92 Å². The molecule has 214 valence electrons. The summed E-state index contributed by atoms with van der Waals surface area (Å²) in [6.07, 6.45) is 3.80. The van der Waals surface area contributed by atoms with Crippen molar-refractivity contribution >= 4 is 52.3 Å². The molecule has 0 aliphatic carbocycles. The van der Waals surface area contributed by atoms with Crippen molar-refractivity contribution in [2.24, 2.45) is 17.4 Å². The molecule has 9 N–H and O–H groups in total. The molecule has 0 aliphatic heterocycles. The van der Waals surface area contributed by atoms with Gasteiger partial charge in [0.2, 0.25) is 23.6 Å². The summed E-state index contributed by atoms with van der Waals surface area (Å²) in [6.45, 7) is 3.38. The molecule has 2 aromatic rings. The van der Waals surface area contributed by atoms with Gasteiger partial charge in [0, 0.05) is 23.5 Å². The van der Waals surface area contributed by atoms with Gasteiger partial charge in [0.05, 0.1) is 6.04 Å². The van der Waals surface area contributed by atoms with Gasteiger partial charge in [-0.05, 0) is 48.8 Å². The first kappa shape index (κ1) is 31.6. The van der Waals surface area contributed by atoms with Crippen molar-refractivity contribution in [1.29, 1.82) is 0 Å². The molecule has 0 saturated heterocycles. The summed E-state index contributed by atoms with van der Waals surface area (Å²) in [6, 6.07) is 3.34. The van der Waals surface area contributed by atoms with Crippen LogP contribution in [-0.2, 0) is 30.4 Å². The highest BCUT2D eigenvalue weighted by molar-refractivity contribution is 7.98. The van der Waals surface area contributed by atoms with E-state index < -0.39 is 59.7 Å². The van der Waals surface area contributed by atoms with Crippen LogP contribution in [0.2, 0.25) is 0 Å². The van der Waals surface area contributed by atoms with E-state index >= 15 is 0 Å². The highest BCUT2D eigenvalue weighted by Crippen LogP contribution is 2.19. The van der Waals surface area contributed by atoms with E-state index in [1.807, 2.05) is 30.5 Å². The van der Waals surface area contributed by atoms with Crippen molar-refractivity contribution in [2.45, 2.75) is 63.7 Å². The zero-order chi connectivity index (χ0) is 29.1. The van der Waals surface area contributed by atoms with E-state index in [-0.39, 0.29) is 19.3 Å². The summed E-state index contributed by atoms with van der Waals surface area (Å²) in [5, 5.41) is 18.1. The molecule has 12 nitrogen and oxygen atoms in total. The molecule has 0 spiro atoms. The molecule has 4 unspecified atom stereocenters. The van der Waals surface area contributed by atoms with Crippen LogP contribution in [0.25, 0.3) is 10.9 Å². The molecule has 13 heteroatoms. The molecule has 0 saturated carbocycles. The van der Waals surface area contributed by atoms with E-state index in [1.54, 1.807) is 20.0 Å². The lowest BCUT2D eigenvalue weighted by molar-refractivity contribution is -0.143. The number of benzene rings is 1. The summed E-state index contributed by atoms with van der Waals surface area (Å²) in [7, 11) is 0. The molecule has 4 amide bonds. The van der Waals surface area contributed by atoms with Gasteiger partial charge in [0.25, 0.3) is 0 Å². The van der Waals surface area contributed by atoms with Crippen LogP contribution in [0.5, 0.6) is 0 Å². The molecule has 1 aromatic heterocycles. The number of thioether (sulfide) groups is 1. The summed E-state index contributed by atoms with van der Waals surface area (Å²) >= 11 is 1.49. The van der Waals surface area contributed by atoms with Crippen LogP contribution >= 0.6 is 11.8 Å². The predicted octanol–water partition coefficient (Wildman–Crippen LogP) is 0.251. The quantitative estimate of drug-likeness (QED) is 0.150. The normalized spacial score (nSPS) is 14.3. The number of carboxylic acid groups (broad SMARTS) is 1. The molecule has 39 heavy (non-hydrogen) atoms. The molecule has 1 aromatic carbocycles. The minimum Gasteiger partial charge on any atom is -0.480 e. The highest BCUT2D eigenvalue weighted by Gasteiger charge is 2.32. The number of amides is 4. The van der Waals surface area contributed by atoms with Crippen molar-refractivity contribution in [3.05, 3.63) is 36.0 Å². The first-order valence-corrected chi connectivity index (χ1v) is 14.1. The Morgan fingerprint density at radius 1 is 0.974 bits per heavy atom. The van der Waals surface area contributed by atoms with Crippen molar-refractivity contribution in [3.63, 3.8) is 0 Å². The second kappa shape index (κ2) is 15.1. The van der Waals surface area contributed by atoms with Crippen LogP contribution in [0.3, 0.4) is 0 Å². The fourth-order valence-corrected chi connectivity index (χ4v) is 4.48. The third-order valence-electron chi connectivity index (χ3n) is 6.24. The number of nitrogens with one attached hydrogen (secondary N) is 4. The van der Waals surface area contributed by atoms with Crippen LogP contribution in [0.1, 0.15) is 38.7 Å². The standard InChI is InChI=1S/C26H38N6O6S/c1-14(2)22(25(36)31-20(26(37)38)8-9-21(28)33)32-24(35)19(10-11-39-3)30-23(34)17(27)12-15-13-29-18-7-5-4-6-16(15)18/h4-7,13-14,17,19-20,22,29H,8-12,27H2,1-3H3,(H2,28,33)(H,30,34)(H,31,36)(H,32,35)(H,37,38). The Kier molecular flexibility index (Phi) is 12.3. The first-order valence-electron chi connectivity index (χ1n) is 12.7. The maximum atomic E-state index is 13.2. The average Bonchev–Trinajstić information content (AvgIpc) is 3.29. The van der Waals surface area contributed by atoms with Gasteiger partial charge in [-0.25, -0.2) is 4.79 Å². The lowest BCUT2D eigenvalue weighted by atomic mass is 10.0. The monoisotopic (exact) mass is 562 g/mol. The van der Waals surface area contributed by atoms with Gasteiger partial charge in [0.1, 0.15) is 18.1 Å². The van der Waals surface area contributed by atoms with Crippen molar-refractivity contribution in [1.82, 2.24) is 20.9 Å². The number of hydrogen-bond acceptors (Lipinski definition) is 7. The van der Waals surface area contributed by atoms with Gasteiger partial charge in [0.15, 0.2) is 0 Å². The zero-order valence-corrected chi connectivity index (χ0v) is 23.2. The fraction of sp³-hybridized carbons (Fsp3) is 0.500. The average molecular weight is 563 g/mol. The zero-order valence-electron chi connectivity index (χ0n) is 22.4. The number of nitrogens with two attached hydrogens (primary N) is 2. The van der Waals surface area contributed by atoms with E-state index in [9.17, 15) is 29.1 Å². The predicted molar refractivity (Wildman–Crippen MR) is 150 cm³/mol. The molecule has 0 bridgehead atoms. The second-order valence-corrected chi connectivity index (χ2v) is 10.6. The van der Waals surface area contributed by atoms with E-state index in [0.717, 1.165) is 16.5 Å². The number of rotatable bonds is 16. The number of carbonyl (C=O) groups excluding carboxylic acids is 4. The van der Waals surface area contributed by atoms with Gasteiger partial charge < -0.3 is 37.5 Å². The number of aliphatic carboxylic acids is 1. The van der Waals surface area contributed by atoms with Gasteiger partial charge in [-0.1, -0.05) is 32.0 Å². The third kappa shape index (κ3) is 9.59. The number of para-hydroxylation sites is 1. The van der Waals surface area contributed by atoms with E-state index in [4.69, 9.17) is 11.5 Å². The number of aromatic nitrogens is 1. The molecular weight excluding hydrogens is 524 g/mol. The number of carbonyl (C=O) groups is 5. The number of aromatic amines is 1. The Bertz CT molecular complexity index is 1170. The summed E-state index contributed by atoms with van der Waals surface area (Å²) in [5.41, 5.74) is 13.1. The molecule has 4 atom stereocenters. The van der Waals surface area contributed by atoms with Crippen molar-refractivity contribution in [3.8, 4) is 0 Å². The number of fused-ring (bicyclic) bond motifs is 1. The van der Waals surface area contributed by atoms with E-state index in [1.165, 1.54) is 11.8 Å². The first-order chi connectivity index (χ1) is 18.4. The third-order valence-corrected chi connectivity index (χ3v) is 6.88. The lowest BCUT2D eigenvalue weighted by Crippen LogP contribution is -2.58. The molecule has 2 rings (SSSR count). The Hall–Kier alpha value is -3.58. The largest absolute Gasteiger partial charge is 0.480 e. The maximum Gasteiger partial charge on any atom is 0.326 e. The number of primary amides is 1. The highest BCUT2D eigenvalue weighted by atomic mass is 32.2. The second-order valence-electron chi connectivity index (χ2n) is 9.65. The van der Waals surface area contributed by atoms with E-state index in [0.29, 0.717) is 12.2 Å². The summed E-state index contributed by atoms with van der Waals surface area (Å²) < 4.78 is 0. The van der Waals surface area contributed by atoms with Crippen LogP contribution in [-0.4, -0.2) is 75.9 Å². The minimum atomic E-state index is -1.35. The molecule has 0 aliphatic rings. The Labute approximate surface area is 231 Å². The van der Waals surface area contributed by atoms with Gasteiger partial charge in [-0.3, -0.25) is 19.2 Å². The molecule has 1 heterocycles. The minimum absolute atomic E-state index is 0.185.